The smallest absolute Gasteiger partial charge is 0.408 e. The molecule has 2 aliphatic rings. The number of alkyl halides is 1. The Morgan fingerprint density at radius 3 is 2.53 bits per heavy atom. The molecule has 6 atom stereocenters. The van der Waals surface area contributed by atoms with E-state index < -0.39 is 51.6 Å². The Hall–Kier alpha value is -0.933. The molecule has 0 aliphatic carbocycles. The van der Waals surface area contributed by atoms with Crippen LogP contribution in [0.4, 0.5) is 4.39 Å². The molecule has 0 spiro atoms. The minimum atomic E-state index is -3.86. The van der Waals surface area contributed by atoms with Crippen molar-refractivity contribution in [2.24, 2.45) is 0 Å². The van der Waals surface area contributed by atoms with Gasteiger partial charge in [0.15, 0.2) is 8.32 Å². The van der Waals surface area contributed by atoms with Crippen LogP contribution in [0, 0.1) is 5.82 Å². The van der Waals surface area contributed by atoms with Crippen LogP contribution in [0.5, 0.6) is 0 Å². The van der Waals surface area contributed by atoms with Crippen molar-refractivity contribution in [3.8, 4) is 0 Å². The molecule has 3 rings (SSSR count). The Morgan fingerprint density at radius 1 is 1.26 bits per heavy atom. The van der Waals surface area contributed by atoms with Crippen molar-refractivity contribution in [3.63, 3.8) is 0 Å². The Labute approximate surface area is 259 Å². The van der Waals surface area contributed by atoms with Crippen LogP contribution in [0.15, 0.2) is 15.8 Å². The zero-order valence-corrected chi connectivity index (χ0v) is 29.4. The zero-order chi connectivity index (χ0) is 32.4. The van der Waals surface area contributed by atoms with E-state index in [0.29, 0.717) is 6.42 Å². The average molecular weight is 671 g/mol. The molecule has 2 saturated heterocycles. The van der Waals surface area contributed by atoms with Gasteiger partial charge in [-0.15, -0.1) is 11.6 Å². The SMILES string of the molecule is CC1CC(C)(C)NC(CCOP(=O)(OC[C@H]2O[C@@H](n3cc(F)c(=O)[nH]c3=O)C[C@@H]2O[Si](C)(C)C(C)(C)C)N(C)CCCl)O1. The minimum Gasteiger partial charge on any atom is -0.411 e. The van der Waals surface area contributed by atoms with E-state index in [9.17, 15) is 18.5 Å². The lowest BCUT2D eigenvalue weighted by atomic mass is 9.95. The van der Waals surface area contributed by atoms with E-state index in [4.69, 9.17) is 34.5 Å². The van der Waals surface area contributed by atoms with Crippen molar-refractivity contribution < 1.29 is 31.9 Å². The van der Waals surface area contributed by atoms with Crippen LogP contribution in [-0.4, -0.2) is 85.3 Å². The number of aromatic nitrogens is 2. The van der Waals surface area contributed by atoms with Crippen LogP contribution in [-0.2, 0) is 27.5 Å². The first-order valence-corrected chi connectivity index (χ1v) is 19.6. The molecule has 3 heterocycles. The highest BCUT2D eigenvalue weighted by Crippen LogP contribution is 2.52. The summed E-state index contributed by atoms with van der Waals surface area (Å²) in [5.74, 6) is -0.911. The normalized spacial score (nSPS) is 27.9. The maximum absolute atomic E-state index is 14.1. The highest BCUT2D eigenvalue weighted by Gasteiger charge is 2.46. The molecule has 43 heavy (non-hydrogen) atoms. The number of hydrogen-bond acceptors (Lipinski definition) is 9. The fourth-order valence-electron chi connectivity index (χ4n) is 5.01. The Bertz CT molecular complexity index is 1260. The van der Waals surface area contributed by atoms with E-state index >= 15 is 0 Å². The summed E-state index contributed by atoms with van der Waals surface area (Å²) in [5, 5.41) is 3.29. The predicted octanol–water partition coefficient (Wildman–Crippen LogP) is 4.56. The van der Waals surface area contributed by atoms with Gasteiger partial charge < -0.3 is 13.9 Å². The van der Waals surface area contributed by atoms with Crippen molar-refractivity contribution in [2.45, 2.75) is 115 Å². The fraction of sp³-hybridized carbons (Fsp3) is 0.852. The van der Waals surface area contributed by atoms with E-state index in [2.05, 4.69) is 53.0 Å². The van der Waals surface area contributed by atoms with Gasteiger partial charge in [0.2, 0.25) is 5.82 Å². The first-order chi connectivity index (χ1) is 19.8. The van der Waals surface area contributed by atoms with Gasteiger partial charge in [-0.25, -0.2) is 14.0 Å². The Kier molecular flexibility index (Phi) is 12.1. The van der Waals surface area contributed by atoms with Crippen LogP contribution in [0.1, 0.15) is 67.0 Å². The lowest BCUT2D eigenvalue weighted by Gasteiger charge is -2.41. The van der Waals surface area contributed by atoms with Crippen molar-refractivity contribution in [1.29, 1.82) is 0 Å². The van der Waals surface area contributed by atoms with Gasteiger partial charge in [-0.3, -0.25) is 28.7 Å². The number of ether oxygens (including phenoxy) is 2. The summed E-state index contributed by atoms with van der Waals surface area (Å²) in [4.78, 5) is 26.1. The number of rotatable bonds is 13. The second kappa shape index (κ2) is 14.2. The Balaban J connectivity index is 1.79. The maximum Gasteiger partial charge on any atom is 0.408 e. The van der Waals surface area contributed by atoms with Crippen molar-refractivity contribution >= 4 is 27.7 Å². The molecule has 0 aromatic carbocycles. The number of aromatic amines is 1. The maximum atomic E-state index is 14.1. The molecular formula is C27H49ClFN4O8PSi. The van der Waals surface area contributed by atoms with Gasteiger partial charge in [-0.1, -0.05) is 20.8 Å². The summed E-state index contributed by atoms with van der Waals surface area (Å²) in [6.07, 6.45) is -0.172. The fourth-order valence-corrected chi connectivity index (χ4v) is 8.23. The Morgan fingerprint density at radius 2 is 1.93 bits per heavy atom. The molecule has 12 nitrogen and oxygen atoms in total. The van der Waals surface area contributed by atoms with Crippen molar-refractivity contribution in [2.75, 3.05) is 32.7 Å². The van der Waals surface area contributed by atoms with E-state index in [1.807, 2.05) is 11.9 Å². The number of halogens is 2. The summed E-state index contributed by atoms with van der Waals surface area (Å²) in [6, 6.07) is 0. The van der Waals surface area contributed by atoms with Crippen molar-refractivity contribution in [3.05, 3.63) is 32.9 Å². The highest BCUT2D eigenvalue weighted by atomic mass is 35.5. The molecule has 2 N–H and O–H groups in total. The topological polar surface area (TPSA) is 133 Å². The quantitative estimate of drug-likeness (QED) is 0.175. The number of hydrogen-bond donors (Lipinski definition) is 2. The molecule has 2 aliphatic heterocycles. The monoisotopic (exact) mass is 670 g/mol. The van der Waals surface area contributed by atoms with E-state index in [-0.39, 0.29) is 55.0 Å². The van der Waals surface area contributed by atoms with Crippen LogP contribution < -0.4 is 16.6 Å². The molecule has 1 aromatic rings. The predicted molar refractivity (Wildman–Crippen MR) is 166 cm³/mol. The summed E-state index contributed by atoms with van der Waals surface area (Å²) < 4.78 is 61.3. The summed E-state index contributed by atoms with van der Waals surface area (Å²) >= 11 is 5.96. The molecule has 248 valence electrons. The molecule has 0 bridgehead atoms. The van der Waals surface area contributed by atoms with Crippen LogP contribution in [0.3, 0.4) is 0 Å². The minimum absolute atomic E-state index is 0.0666. The highest BCUT2D eigenvalue weighted by molar-refractivity contribution is 7.51. The lowest BCUT2D eigenvalue weighted by Crippen LogP contribution is -2.55. The third-order valence-electron chi connectivity index (χ3n) is 8.28. The van der Waals surface area contributed by atoms with E-state index in [0.717, 1.165) is 17.2 Å². The molecule has 0 amide bonds. The molecule has 2 fully saturated rings. The zero-order valence-electron chi connectivity index (χ0n) is 26.8. The van der Waals surface area contributed by atoms with E-state index in [1.165, 1.54) is 4.67 Å². The summed E-state index contributed by atoms with van der Waals surface area (Å²) in [6.45, 7) is 16.8. The van der Waals surface area contributed by atoms with E-state index in [1.54, 1.807) is 7.05 Å². The molecule has 0 saturated carbocycles. The third kappa shape index (κ3) is 9.54. The summed E-state index contributed by atoms with van der Waals surface area (Å²) in [5.41, 5.74) is -2.03. The van der Waals surface area contributed by atoms with Gasteiger partial charge in [-0.2, -0.15) is 4.39 Å². The first kappa shape index (κ1) is 36.5. The standard InChI is InChI=1S/C27H49ClFN4O8PSi/c1-18-15-27(5,6)31-22(39-18)10-13-37-42(36,32(7)12-11-28)38-17-21-20(41-43(8,9)26(2,3)4)14-23(40-21)33-16-19(29)24(34)30-25(33)35/h16,18,20-23,31H,10-15,17H2,1-9H3,(H,30,34,35)/t18?,20-,21+,22?,23+,42?/m0/s1. The molecular weight excluding hydrogens is 622 g/mol. The van der Waals surface area contributed by atoms with Gasteiger partial charge in [0.25, 0.3) is 5.56 Å². The first-order valence-electron chi connectivity index (χ1n) is 14.7. The third-order valence-corrected chi connectivity index (χ3v) is 15.0. The molecule has 3 unspecified atom stereocenters. The molecule has 1 aromatic heterocycles. The van der Waals surface area contributed by atoms with Gasteiger partial charge in [0.1, 0.15) is 18.6 Å². The van der Waals surface area contributed by atoms with Crippen LogP contribution in [0.2, 0.25) is 18.1 Å². The lowest BCUT2D eigenvalue weighted by molar-refractivity contribution is -0.0943. The van der Waals surface area contributed by atoms with Gasteiger partial charge in [-0.05, 0) is 52.4 Å². The number of nitrogens with one attached hydrogen (secondary N) is 2. The number of nitrogens with zero attached hydrogens (tertiary/aromatic N) is 2. The van der Waals surface area contributed by atoms with Crippen molar-refractivity contribution in [1.82, 2.24) is 19.5 Å². The number of H-pyrrole nitrogens is 1. The average Bonchev–Trinajstić information content (AvgIpc) is 3.24. The second-order valence-corrected chi connectivity index (χ2v) is 20.8. The van der Waals surface area contributed by atoms with Gasteiger partial charge in [0, 0.05) is 30.8 Å². The van der Waals surface area contributed by atoms with Gasteiger partial charge >= 0.3 is 13.4 Å². The van der Waals surface area contributed by atoms with Gasteiger partial charge in [0.05, 0.1) is 31.6 Å². The molecule has 0 radical (unpaired) electrons. The summed E-state index contributed by atoms with van der Waals surface area (Å²) in [7, 11) is -4.60. The largest absolute Gasteiger partial charge is 0.411 e. The second-order valence-electron chi connectivity index (χ2n) is 13.5. The van der Waals surface area contributed by atoms with Crippen LogP contribution >= 0.6 is 19.3 Å². The van der Waals surface area contributed by atoms with Crippen LogP contribution in [0.25, 0.3) is 0 Å². The molecule has 16 heteroatoms.